The molecule has 1 heterocycles. The van der Waals surface area contributed by atoms with Crippen LogP contribution in [0.2, 0.25) is 0 Å². The highest BCUT2D eigenvalue weighted by Gasteiger charge is 2.27. The fourth-order valence-corrected chi connectivity index (χ4v) is 3.03. The van der Waals surface area contributed by atoms with Gasteiger partial charge in [-0.2, -0.15) is 0 Å². The summed E-state index contributed by atoms with van der Waals surface area (Å²) < 4.78 is 24.6. The van der Waals surface area contributed by atoms with E-state index in [2.05, 4.69) is 0 Å². The van der Waals surface area contributed by atoms with Crippen molar-refractivity contribution in [3.63, 3.8) is 0 Å². The van der Waals surface area contributed by atoms with E-state index in [1.807, 2.05) is 12.1 Å². The zero-order chi connectivity index (χ0) is 17.3. The van der Waals surface area contributed by atoms with E-state index in [1.165, 1.54) is 20.3 Å². The first kappa shape index (κ1) is 18.9. The molecular formula is C18H20ClFN2O3. The van der Waals surface area contributed by atoms with Crippen LogP contribution in [0.15, 0.2) is 30.3 Å². The smallest absolute Gasteiger partial charge is 0.261 e. The molecule has 2 aromatic rings. The van der Waals surface area contributed by atoms with Crippen LogP contribution in [0, 0.1) is 5.82 Å². The minimum absolute atomic E-state index is 0. The molecule has 2 aromatic carbocycles. The zero-order valence-electron chi connectivity index (χ0n) is 14.0. The number of rotatable bonds is 3. The number of halogens is 2. The van der Waals surface area contributed by atoms with Crippen molar-refractivity contribution in [2.45, 2.75) is 12.8 Å². The lowest BCUT2D eigenvalue weighted by Crippen LogP contribution is -2.36. The maximum absolute atomic E-state index is 14.4. The Morgan fingerprint density at radius 3 is 2.56 bits per heavy atom. The van der Waals surface area contributed by atoms with Crippen LogP contribution in [-0.2, 0) is 6.42 Å². The van der Waals surface area contributed by atoms with Crippen LogP contribution in [-0.4, -0.2) is 26.7 Å². The van der Waals surface area contributed by atoms with Crippen molar-refractivity contribution in [3.05, 3.63) is 47.3 Å². The number of anilines is 2. The first-order chi connectivity index (χ1) is 11.6. The van der Waals surface area contributed by atoms with E-state index in [0.29, 0.717) is 18.0 Å². The van der Waals surface area contributed by atoms with Crippen LogP contribution >= 0.6 is 12.4 Å². The van der Waals surface area contributed by atoms with Crippen molar-refractivity contribution >= 4 is 29.7 Å². The number of amides is 1. The lowest BCUT2D eigenvalue weighted by Gasteiger charge is -2.30. The van der Waals surface area contributed by atoms with Crippen LogP contribution in [0.25, 0.3) is 0 Å². The van der Waals surface area contributed by atoms with Crippen molar-refractivity contribution in [1.82, 2.24) is 0 Å². The van der Waals surface area contributed by atoms with E-state index < -0.39 is 11.7 Å². The monoisotopic (exact) mass is 366 g/mol. The lowest BCUT2D eigenvalue weighted by molar-refractivity contribution is 0.0981. The summed E-state index contributed by atoms with van der Waals surface area (Å²) in [6.45, 7) is 0.517. The molecule has 0 aliphatic carbocycles. The Bertz CT molecular complexity index is 798. The molecule has 0 bridgehead atoms. The molecule has 1 aliphatic heterocycles. The van der Waals surface area contributed by atoms with Crippen molar-refractivity contribution in [2.24, 2.45) is 0 Å². The zero-order valence-corrected chi connectivity index (χ0v) is 14.9. The number of methoxy groups -OCH3 is 2. The Morgan fingerprint density at radius 2 is 1.88 bits per heavy atom. The average Bonchev–Trinajstić information content (AvgIpc) is 2.60. The molecule has 0 unspecified atom stereocenters. The highest BCUT2D eigenvalue weighted by Crippen LogP contribution is 2.35. The largest absolute Gasteiger partial charge is 0.493 e. The van der Waals surface area contributed by atoms with E-state index >= 15 is 0 Å². The van der Waals surface area contributed by atoms with Gasteiger partial charge in [0.1, 0.15) is 5.82 Å². The van der Waals surface area contributed by atoms with E-state index in [4.69, 9.17) is 15.2 Å². The highest BCUT2D eigenvalue weighted by atomic mass is 35.5. The van der Waals surface area contributed by atoms with Gasteiger partial charge in [-0.05, 0) is 36.6 Å². The molecule has 0 spiro atoms. The Morgan fingerprint density at radius 1 is 1.20 bits per heavy atom. The second kappa shape index (κ2) is 7.61. The SMILES string of the molecule is COc1cc(F)c(C(=O)N2CCCc3c(N)cccc32)cc1OC.Cl. The normalized spacial score (nSPS) is 12.8. The topological polar surface area (TPSA) is 64.8 Å². The van der Waals surface area contributed by atoms with Gasteiger partial charge < -0.3 is 20.1 Å². The molecule has 0 aromatic heterocycles. The Kier molecular flexibility index (Phi) is 5.74. The molecule has 134 valence electrons. The van der Waals surface area contributed by atoms with Crippen molar-refractivity contribution in [1.29, 1.82) is 0 Å². The summed E-state index contributed by atoms with van der Waals surface area (Å²) in [5.74, 6) is -0.504. The molecular weight excluding hydrogens is 347 g/mol. The Hall–Kier alpha value is -2.47. The number of nitrogens with two attached hydrogens (primary N) is 1. The minimum atomic E-state index is -0.645. The highest BCUT2D eigenvalue weighted by molar-refractivity contribution is 6.07. The van der Waals surface area contributed by atoms with E-state index in [9.17, 15) is 9.18 Å². The molecule has 1 aliphatic rings. The second-order valence-electron chi connectivity index (χ2n) is 5.59. The lowest BCUT2D eigenvalue weighted by atomic mass is 9.99. The third kappa shape index (κ3) is 3.35. The van der Waals surface area contributed by atoms with Gasteiger partial charge in [0.15, 0.2) is 11.5 Å². The number of nitrogen functional groups attached to an aromatic ring is 1. The molecule has 1 amide bonds. The van der Waals surface area contributed by atoms with Crippen molar-refractivity contribution in [2.75, 3.05) is 31.4 Å². The number of carbonyl (C=O) groups excluding carboxylic acids is 1. The molecule has 0 fully saturated rings. The van der Waals surface area contributed by atoms with E-state index in [-0.39, 0.29) is 23.7 Å². The third-order valence-electron chi connectivity index (χ3n) is 4.24. The Labute approximate surface area is 151 Å². The predicted molar refractivity (Wildman–Crippen MR) is 97.6 cm³/mol. The van der Waals surface area contributed by atoms with Gasteiger partial charge in [-0.3, -0.25) is 4.79 Å². The fourth-order valence-electron chi connectivity index (χ4n) is 3.03. The van der Waals surface area contributed by atoms with E-state index in [1.54, 1.807) is 11.0 Å². The van der Waals surface area contributed by atoms with Crippen LogP contribution in [0.4, 0.5) is 15.8 Å². The van der Waals surface area contributed by atoms with Crippen LogP contribution in [0.3, 0.4) is 0 Å². The molecule has 0 saturated carbocycles. The molecule has 7 heteroatoms. The van der Waals surface area contributed by atoms with Gasteiger partial charge >= 0.3 is 0 Å². The van der Waals surface area contributed by atoms with Crippen LogP contribution in [0.5, 0.6) is 11.5 Å². The molecule has 5 nitrogen and oxygen atoms in total. The van der Waals surface area contributed by atoms with Gasteiger partial charge in [0.25, 0.3) is 5.91 Å². The van der Waals surface area contributed by atoms with Crippen molar-refractivity contribution in [3.8, 4) is 11.5 Å². The number of hydrogen-bond acceptors (Lipinski definition) is 4. The van der Waals surface area contributed by atoms with Crippen LogP contribution in [0.1, 0.15) is 22.3 Å². The number of fused-ring (bicyclic) bond motifs is 1. The quantitative estimate of drug-likeness (QED) is 0.845. The number of carbonyl (C=O) groups is 1. The maximum atomic E-state index is 14.4. The summed E-state index contributed by atoms with van der Waals surface area (Å²) in [7, 11) is 2.86. The van der Waals surface area contributed by atoms with Gasteiger partial charge in [-0.25, -0.2) is 4.39 Å². The van der Waals surface area contributed by atoms with Crippen LogP contribution < -0.4 is 20.1 Å². The van der Waals surface area contributed by atoms with Gasteiger partial charge in [0, 0.05) is 24.0 Å². The summed E-state index contributed by atoms with van der Waals surface area (Å²) >= 11 is 0. The van der Waals surface area contributed by atoms with E-state index in [0.717, 1.165) is 30.2 Å². The summed E-state index contributed by atoms with van der Waals surface area (Å²) in [4.78, 5) is 14.5. The first-order valence-electron chi connectivity index (χ1n) is 7.67. The van der Waals surface area contributed by atoms with Gasteiger partial charge in [-0.15, -0.1) is 12.4 Å². The number of hydrogen-bond donors (Lipinski definition) is 1. The summed E-state index contributed by atoms with van der Waals surface area (Å²) in [6.07, 6.45) is 1.59. The second-order valence-corrected chi connectivity index (χ2v) is 5.59. The Balaban J connectivity index is 0.00000225. The minimum Gasteiger partial charge on any atom is -0.493 e. The number of ether oxygens (including phenoxy) is 2. The molecule has 3 rings (SSSR count). The molecule has 2 N–H and O–H groups in total. The number of nitrogens with zero attached hydrogens (tertiary/aromatic N) is 1. The van der Waals surface area contributed by atoms with Gasteiger partial charge in [0.2, 0.25) is 0 Å². The third-order valence-corrected chi connectivity index (χ3v) is 4.24. The first-order valence-corrected chi connectivity index (χ1v) is 7.67. The van der Waals surface area contributed by atoms with Gasteiger partial charge in [-0.1, -0.05) is 6.07 Å². The van der Waals surface area contributed by atoms with Crippen molar-refractivity contribution < 1.29 is 18.7 Å². The molecule has 0 radical (unpaired) electrons. The predicted octanol–water partition coefficient (Wildman–Crippen LogP) is 3.44. The molecule has 25 heavy (non-hydrogen) atoms. The average molecular weight is 367 g/mol. The summed E-state index contributed by atoms with van der Waals surface area (Å²) in [5.41, 5.74) is 8.27. The standard InChI is InChI=1S/C18H19FN2O3.ClH/c1-23-16-9-12(13(19)10-17(16)24-2)18(22)21-8-4-5-11-14(20)6-3-7-15(11)21;/h3,6-7,9-10H,4-5,8,20H2,1-2H3;1H. The van der Waals surface area contributed by atoms with Gasteiger partial charge in [0.05, 0.1) is 19.8 Å². The maximum Gasteiger partial charge on any atom is 0.261 e. The molecule has 0 saturated heterocycles. The summed E-state index contributed by atoms with van der Waals surface area (Å²) in [6, 6.07) is 7.98. The molecule has 0 atom stereocenters. The summed E-state index contributed by atoms with van der Waals surface area (Å²) in [5, 5.41) is 0. The fraction of sp³-hybridized carbons (Fsp3) is 0.278. The number of benzene rings is 2.